The van der Waals surface area contributed by atoms with Crippen molar-refractivity contribution in [2.24, 2.45) is 0 Å². The Labute approximate surface area is 171 Å². The average molecular weight is 500 g/mol. The van der Waals surface area contributed by atoms with Crippen LogP contribution in [0, 0.1) is 0 Å². The number of aryl methyl sites for hydroxylation is 1. The average Bonchev–Trinajstić information content (AvgIpc) is 3.05. The van der Waals surface area contributed by atoms with Crippen LogP contribution in [0.3, 0.4) is 0 Å². The lowest BCUT2D eigenvalue weighted by Crippen LogP contribution is -2.17. The first-order valence-electron chi connectivity index (χ1n) is 8.01. The highest BCUT2D eigenvalue weighted by molar-refractivity contribution is 9.13. The monoisotopic (exact) mass is 497 g/mol. The molecule has 8 heteroatoms. The Morgan fingerprint density at radius 3 is 2.85 bits per heavy atom. The molecule has 0 spiro atoms. The largest absolute Gasteiger partial charge is 0.496 e. The highest BCUT2D eigenvalue weighted by Gasteiger charge is 2.23. The zero-order chi connectivity index (χ0) is 18.4. The van der Waals surface area contributed by atoms with Gasteiger partial charge in [0.15, 0.2) is 6.29 Å². The van der Waals surface area contributed by atoms with Crippen LogP contribution < -0.4 is 10.1 Å². The fourth-order valence-corrected chi connectivity index (χ4v) is 4.62. The summed E-state index contributed by atoms with van der Waals surface area (Å²) in [6.07, 6.45) is 1.84. The highest BCUT2D eigenvalue weighted by Crippen LogP contribution is 2.44. The van der Waals surface area contributed by atoms with Crippen molar-refractivity contribution in [1.29, 1.82) is 0 Å². The van der Waals surface area contributed by atoms with Crippen LogP contribution >= 0.6 is 43.5 Å². The van der Waals surface area contributed by atoms with Gasteiger partial charge in [-0.3, -0.25) is 4.79 Å². The maximum atomic E-state index is 11.8. The highest BCUT2D eigenvalue weighted by atomic mass is 79.9. The molecule has 0 radical (unpaired) electrons. The van der Waals surface area contributed by atoms with Crippen LogP contribution in [-0.4, -0.2) is 29.5 Å². The van der Waals surface area contributed by atoms with Crippen molar-refractivity contribution in [3.05, 3.63) is 37.7 Å². The molecule has 0 fully saturated rings. The summed E-state index contributed by atoms with van der Waals surface area (Å²) in [5.74, 6) is 1.46. The van der Waals surface area contributed by atoms with Gasteiger partial charge in [0.1, 0.15) is 11.3 Å². The van der Waals surface area contributed by atoms with Gasteiger partial charge in [-0.2, -0.15) is 0 Å². The minimum absolute atomic E-state index is 0.520. The van der Waals surface area contributed by atoms with Crippen molar-refractivity contribution in [1.82, 2.24) is 9.55 Å². The number of anilines is 1. The molecule has 4 rings (SSSR count). The minimum atomic E-state index is 0.520. The van der Waals surface area contributed by atoms with Crippen molar-refractivity contribution >= 4 is 66.7 Å². The van der Waals surface area contributed by atoms with E-state index in [9.17, 15) is 4.79 Å². The summed E-state index contributed by atoms with van der Waals surface area (Å²) in [5.41, 5.74) is 3.58. The molecule has 134 valence electrons. The van der Waals surface area contributed by atoms with Crippen LogP contribution in [0.4, 0.5) is 5.95 Å². The number of benzene rings is 2. The Balaban J connectivity index is 2.02. The number of nitrogens with zero attached hydrogens (tertiary/aromatic N) is 2. The molecule has 0 saturated carbocycles. The van der Waals surface area contributed by atoms with E-state index in [0.29, 0.717) is 21.9 Å². The van der Waals surface area contributed by atoms with Gasteiger partial charge >= 0.3 is 0 Å². The molecule has 1 aliphatic heterocycles. The second-order valence-corrected chi connectivity index (χ2v) is 7.92. The molecular formula is C18H14Br2ClN3O2. The molecule has 2 heterocycles. The van der Waals surface area contributed by atoms with Crippen LogP contribution in [0.2, 0.25) is 5.02 Å². The van der Waals surface area contributed by atoms with Gasteiger partial charge in [-0.05, 0) is 62.0 Å². The maximum Gasteiger partial charge on any atom is 0.203 e. The van der Waals surface area contributed by atoms with Gasteiger partial charge < -0.3 is 14.6 Å². The van der Waals surface area contributed by atoms with E-state index in [-0.39, 0.29) is 0 Å². The van der Waals surface area contributed by atoms with Gasteiger partial charge in [0.2, 0.25) is 5.95 Å². The molecule has 0 unspecified atom stereocenters. The van der Waals surface area contributed by atoms with Gasteiger partial charge in [0.25, 0.3) is 0 Å². The molecule has 0 bridgehead atoms. The van der Waals surface area contributed by atoms with Crippen LogP contribution in [0.5, 0.6) is 5.75 Å². The van der Waals surface area contributed by atoms with Gasteiger partial charge in [0, 0.05) is 28.7 Å². The zero-order valence-electron chi connectivity index (χ0n) is 13.8. The number of carbonyl (C=O) groups is 1. The molecule has 3 aromatic rings. The lowest BCUT2D eigenvalue weighted by atomic mass is 10.0. The number of fused-ring (bicyclic) bond motifs is 3. The number of hydrogen-bond acceptors (Lipinski definition) is 4. The van der Waals surface area contributed by atoms with Crippen molar-refractivity contribution in [2.75, 3.05) is 19.0 Å². The molecule has 5 nitrogen and oxygen atoms in total. The third-order valence-corrected chi connectivity index (χ3v) is 7.04. The number of imidazole rings is 1. The quantitative estimate of drug-likeness (QED) is 0.483. The van der Waals surface area contributed by atoms with Crippen LogP contribution in [0.15, 0.2) is 27.1 Å². The lowest BCUT2D eigenvalue weighted by Gasteiger charge is -2.17. The number of carbonyl (C=O) groups excluding carboxylic acids is 1. The number of aromatic nitrogens is 2. The Hall–Kier alpha value is -1.57. The van der Waals surface area contributed by atoms with E-state index in [2.05, 4.69) is 42.2 Å². The fourth-order valence-electron chi connectivity index (χ4n) is 3.29. The summed E-state index contributed by atoms with van der Waals surface area (Å²) in [6, 6.07) is 5.58. The van der Waals surface area contributed by atoms with Crippen molar-refractivity contribution < 1.29 is 9.53 Å². The molecule has 0 atom stereocenters. The zero-order valence-corrected chi connectivity index (χ0v) is 17.7. The second-order valence-electron chi connectivity index (χ2n) is 5.95. The molecule has 26 heavy (non-hydrogen) atoms. The van der Waals surface area contributed by atoms with Crippen LogP contribution in [0.25, 0.3) is 22.2 Å². The summed E-state index contributed by atoms with van der Waals surface area (Å²) in [6.45, 7) is 1.67. The predicted octanol–water partition coefficient (Wildman–Crippen LogP) is 5.52. The fraction of sp³-hybridized carbons (Fsp3) is 0.222. The SMILES string of the molecule is COc1ccc(-c2cc(C=O)c3c(nc4n3CCCN4)c2Cl)c(Br)c1Br. The number of nitrogens with one attached hydrogen (secondary N) is 1. The number of halogens is 3. The van der Waals surface area contributed by atoms with Crippen molar-refractivity contribution in [3.63, 3.8) is 0 Å². The molecule has 2 aromatic carbocycles. The second kappa shape index (κ2) is 6.87. The van der Waals surface area contributed by atoms with Crippen LogP contribution in [0.1, 0.15) is 16.8 Å². The molecule has 0 amide bonds. The van der Waals surface area contributed by atoms with E-state index in [0.717, 1.165) is 57.3 Å². The van der Waals surface area contributed by atoms with Gasteiger partial charge in [0.05, 0.1) is 22.1 Å². The predicted molar refractivity (Wildman–Crippen MR) is 111 cm³/mol. The first-order chi connectivity index (χ1) is 12.6. The molecule has 1 aromatic heterocycles. The van der Waals surface area contributed by atoms with Crippen LogP contribution in [-0.2, 0) is 6.54 Å². The lowest BCUT2D eigenvalue weighted by molar-refractivity contribution is 0.112. The summed E-state index contributed by atoms with van der Waals surface area (Å²) < 4.78 is 8.94. The molecule has 0 aliphatic carbocycles. The number of hydrogen-bond donors (Lipinski definition) is 1. The van der Waals surface area contributed by atoms with E-state index >= 15 is 0 Å². The standard InChI is InChI=1S/C18H14Br2ClN3O2/c1-26-12-4-3-10(13(19)14(12)20)11-7-9(8-25)17-16(15(11)21)23-18-22-5-2-6-24(17)18/h3-4,7-8H,2,5-6H2,1H3,(H,22,23). The van der Waals surface area contributed by atoms with Gasteiger partial charge in [-0.15, -0.1) is 0 Å². The Morgan fingerprint density at radius 1 is 1.31 bits per heavy atom. The minimum Gasteiger partial charge on any atom is -0.496 e. The summed E-state index contributed by atoms with van der Waals surface area (Å²) in [7, 11) is 1.61. The van der Waals surface area contributed by atoms with Gasteiger partial charge in [-0.25, -0.2) is 4.98 Å². The first-order valence-corrected chi connectivity index (χ1v) is 9.97. The molecular weight excluding hydrogens is 485 g/mol. The van der Waals surface area contributed by atoms with E-state index in [1.54, 1.807) is 7.11 Å². The normalized spacial score (nSPS) is 13.4. The van der Waals surface area contributed by atoms with E-state index in [4.69, 9.17) is 16.3 Å². The Bertz CT molecular complexity index is 1050. The summed E-state index contributed by atoms with van der Waals surface area (Å²) in [4.78, 5) is 16.4. The number of methoxy groups -OCH3 is 1. The van der Waals surface area contributed by atoms with E-state index in [1.165, 1.54) is 0 Å². The molecule has 0 saturated heterocycles. The Morgan fingerprint density at radius 2 is 2.12 bits per heavy atom. The number of aldehydes is 1. The van der Waals surface area contributed by atoms with Crippen molar-refractivity contribution in [3.8, 4) is 16.9 Å². The first kappa shape index (κ1) is 17.8. The number of ether oxygens (including phenoxy) is 1. The number of rotatable bonds is 3. The topological polar surface area (TPSA) is 56.1 Å². The third kappa shape index (κ3) is 2.64. The molecule has 1 aliphatic rings. The summed E-state index contributed by atoms with van der Waals surface area (Å²) in [5, 5.41) is 3.79. The van der Waals surface area contributed by atoms with E-state index in [1.807, 2.05) is 22.8 Å². The third-order valence-electron chi connectivity index (χ3n) is 4.51. The smallest absolute Gasteiger partial charge is 0.203 e. The van der Waals surface area contributed by atoms with Crippen molar-refractivity contribution in [2.45, 2.75) is 13.0 Å². The Kier molecular flexibility index (Phi) is 4.71. The van der Waals surface area contributed by atoms with Gasteiger partial charge in [-0.1, -0.05) is 11.6 Å². The maximum absolute atomic E-state index is 11.8. The molecule has 1 N–H and O–H groups in total. The van der Waals surface area contributed by atoms with E-state index < -0.39 is 0 Å². The summed E-state index contributed by atoms with van der Waals surface area (Å²) >= 11 is 13.9.